The summed E-state index contributed by atoms with van der Waals surface area (Å²) in [5, 5.41) is 7.34. The molecule has 0 aliphatic heterocycles. The summed E-state index contributed by atoms with van der Waals surface area (Å²) >= 11 is 1.33. The second-order valence-corrected chi connectivity index (χ2v) is 5.67. The molecule has 0 aliphatic carbocycles. The lowest BCUT2D eigenvalue weighted by Crippen LogP contribution is -2.44. The van der Waals surface area contributed by atoms with Crippen LogP contribution in [0.3, 0.4) is 0 Å². The van der Waals surface area contributed by atoms with Crippen LogP contribution in [-0.2, 0) is 11.2 Å². The fourth-order valence-electron chi connectivity index (χ4n) is 1.87. The van der Waals surface area contributed by atoms with Gasteiger partial charge >= 0.3 is 6.03 Å². The maximum absolute atomic E-state index is 11.9. The van der Waals surface area contributed by atoms with Gasteiger partial charge in [-0.25, -0.2) is 9.78 Å². The SMILES string of the molecule is CCc1ccc(-c2csc(NC(=O)C(C)NC(N)=O)n2)cc1. The molecule has 22 heavy (non-hydrogen) atoms. The fourth-order valence-corrected chi connectivity index (χ4v) is 2.59. The summed E-state index contributed by atoms with van der Waals surface area (Å²) in [6.45, 7) is 3.66. The van der Waals surface area contributed by atoms with Crippen LogP contribution in [0, 0.1) is 0 Å². The largest absolute Gasteiger partial charge is 0.352 e. The van der Waals surface area contributed by atoms with Crippen molar-refractivity contribution in [2.24, 2.45) is 5.73 Å². The van der Waals surface area contributed by atoms with Crippen molar-refractivity contribution in [3.05, 3.63) is 35.2 Å². The number of nitrogens with one attached hydrogen (secondary N) is 2. The van der Waals surface area contributed by atoms with Crippen LogP contribution in [0.25, 0.3) is 11.3 Å². The number of carbonyl (C=O) groups excluding carboxylic acids is 2. The van der Waals surface area contributed by atoms with Crippen molar-refractivity contribution in [3.63, 3.8) is 0 Å². The molecule has 0 saturated heterocycles. The van der Waals surface area contributed by atoms with E-state index in [0.29, 0.717) is 5.13 Å². The van der Waals surface area contributed by atoms with Crippen LogP contribution >= 0.6 is 11.3 Å². The van der Waals surface area contributed by atoms with E-state index in [-0.39, 0.29) is 5.91 Å². The minimum absolute atomic E-state index is 0.360. The molecule has 2 rings (SSSR count). The van der Waals surface area contributed by atoms with Gasteiger partial charge < -0.3 is 16.4 Å². The highest BCUT2D eigenvalue weighted by Gasteiger charge is 2.15. The minimum Gasteiger partial charge on any atom is -0.352 e. The van der Waals surface area contributed by atoms with Crippen LogP contribution < -0.4 is 16.4 Å². The smallest absolute Gasteiger partial charge is 0.312 e. The quantitative estimate of drug-likeness (QED) is 0.789. The first-order chi connectivity index (χ1) is 10.5. The first-order valence-corrected chi connectivity index (χ1v) is 7.79. The zero-order chi connectivity index (χ0) is 16.1. The van der Waals surface area contributed by atoms with Crippen LogP contribution in [0.4, 0.5) is 9.93 Å². The molecule has 4 N–H and O–H groups in total. The van der Waals surface area contributed by atoms with E-state index < -0.39 is 12.1 Å². The third-order valence-corrected chi connectivity index (χ3v) is 3.90. The van der Waals surface area contributed by atoms with Gasteiger partial charge in [-0.2, -0.15) is 0 Å². The maximum Gasteiger partial charge on any atom is 0.312 e. The molecular weight excluding hydrogens is 300 g/mol. The molecule has 1 unspecified atom stereocenters. The maximum atomic E-state index is 11.9. The van der Waals surface area contributed by atoms with Crippen molar-refractivity contribution in [2.75, 3.05) is 5.32 Å². The number of aryl methyl sites for hydroxylation is 1. The van der Waals surface area contributed by atoms with E-state index >= 15 is 0 Å². The van der Waals surface area contributed by atoms with E-state index in [1.54, 1.807) is 6.92 Å². The molecule has 0 bridgehead atoms. The number of nitrogens with two attached hydrogens (primary N) is 1. The number of thiazole rings is 1. The average molecular weight is 318 g/mol. The first-order valence-electron chi connectivity index (χ1n) is 6.91. The van der Waals surface area contributed by atoms with E-state index in [4.69, 9.17) is 5.73 Å². The second kappa shape index (κ2) is 7.04. The standard InChI is InChI=1S/C15H18N4O2S/c1-3-10-4-6-11(7-5-10)12-8-22-15(18-12)19-13(20)9(2)17-14(16)21/h4-9H,3H2,1-2H3,(H3,16,17,21)(H,18,19,20). The zero-order valence-corrected chi connectivity index (χ0v) is 13.2. The number of hydrogen-bond donors (Lipinski definition) is 3. The summed E-state index contributed by atoms with van der Waals surface area (Å²) in [5.41, 5.74) is 8.05. The summed E-state index contributed by atoms with van der Waals surface area (Å²) in [4.78, 5) is 27.0. The number of benzene rings is 1. The van der Waals surface area contributed by atoms with E-state index in [1.807, 2.05) is 17.5 Å². The van der Waals surface area contributed by atoms with E-state index in [9.17, 15) is 9.59 Å². The number of hydrogen-bond acceptors (Lipinski definition) is 4. The highest BCUT2D eigenvalue weighted by atomic mass is 32.1. The molecule has 0 radical (unpaired) electrons. The molecular formula is C15H18N4O2S. The summed E-state index contributed by atoms with van der Waals surface area (Å²) < 4.78 is 0. The van der Waals surface area contributed by atoms with Gasteiger partial charge in [0.2, 0.25) is 5.91 Å². The molecule has 116 valence electrons. The van der Waals surface area contributed by atoms with Crippen LogP contribution in [0.1, 0.15) is 19.4 Å². The van der Waals surface area contributed by atoms with Crippen molar-refractivity contribution in [2.45, 2.75) is 26.3 Å². The summed E-state index contributed by atoms with van der Waals surface area (Å²) in [7, 11) is 0. The average Bonchev–Trinajstić information content (AvgIpc) is 2.95. The Morgan fingerprint density at radius 3 is 2.59 bits per heavy atom. The van der Waals surface area contributed by atoms with Crippen molar-refractivity contribution in [3.8, 4) is 11.3 Å². The van der Waals surface area contributed by atoms with Gasteiger partial charge in [0.1, 0.15) is 6.04 Å². The summed E-state index contributed by atoms with van der Waals surface area (Å²) in [5.74, 6) is -0.360. The van der Waals surface area contributed by atoms with Gasteiger partial charge in [0.05, 0.1) is 5.69 Å². The Bertz CT molecular complexity index is 666. The Hall–Kier alpha value is -2.41. The lowest BCUT2D eigenvalue weighted by atomic mass is 10.1. The zero-order valence-electron chi connectivity index (χ0n) is 12.4. The number of carbonyl (C=O) groups is 2. The first kappa shape index (κ1) is 16.0. The van der Waals surface area contributed by atoms with Crippen LogP contribution in [0.2, 0.25) is 0 Å². The highest BCUT2D eigenvalue weighted by Crippen LogP contribution is 2.25. The molecule has 1 aromatic carbocycles. The van der Waals surface area contributed by atoms with Gasteiger partial charge in [-0.15, -0.1) is 11.3 Å². The number of aromatic nitrogens is 1. The predicted octanol–water partition coefficient (Wildman–Crippen LogP) is 2.37. The van der Waals surface area contributed by atoms with Crippen molar-refractivity contribution < 1.29 is 9.59 Å². The van der Waals surface area contributed by atoms with Crippen LogP contribution in [0.15, 0.2) is 29.6 Å². The molecule has 2 aromatic rings. The minimum atomic E-state index is -0.738. The third-order valence-electron chi connectivity index (χ3n) is 3.14. The number of anilines is 1. The Kier molecular flexibility index (Phi) is 5.11. The highest BCUT2D eigenvalue weighted by molar-refractivity contribution is 7.14. The van der Waals surface area contributed by atoms with Gasteiger partial charge in [0, 0.05) is 10.9 Å². The topological polar surface area (TPSA) is 97.1 Å². The number of primary amides is 1. The number of urea groups is 1. The molecule has 1 aromatic heterocycles. The monoisotopic (exact) mass is 318 g/mol. The Labute approximate surface area is 132 Å². The molecule has 0 fully saturated rings. The molecule has 3 amide bonds. The number of rotatable bonds is 5. The van der Waals surface area contributed by atoms with Crippen molar-refractivity contribution >= 4 is 28.4 Å². The molecule has 1 atom stereocenters. The summed E-state index contributed by atoms with van der Waals surface area (Å²) in [6.07, 6.45) is 0.989. The van der Waals surface area contributed by atoms with Crippen LogP contribution in [-0.4, -0.2) is 23.0 Å². The Morgan fingerprint density at radius 2 is 2.00 bits per heavy atom. The molecule has 7 heteroatoms. The number of amides is 3. The third kappa shape index (κ3) is 4.05. The second-order valence-electron chi connectivity index (χ2n) is 4.81. The molecule has 1 heterocycles. The van der Waals surface area contributed by atoms with E-state index in [1.165, 1.54) is 16.9 Å². The lowest BCUT2D eigenvalue weighted by molar-refractivity contribution is -0.117. The fraction of sp³-hybridized carbons (Fsp3) is 0.267. The van der Waals surface area contributed by atoms with Gasteiger partial charge in [-0.05, 0) is 18.9 Å². The normalized spacial score (nSPS) is 11.7. The van der Waals surface area contributed by atoms with Crippen molar-refractivity contribution in [1.29, 1.82) is 0 Å². The van der Waals surface area contributed by atoms with Gasteiger partial charge in [0.25, 0.3) is 0 Å². The molecule has 6 nitrogen and oxygen atoms in total. The number of nitrogens with zero attached hydrogens (tertiary/aromatic N) is 1. The van der Waals surface area contributed by atoms with Crippen molar-refractivity contribution in [1.82, 2.24) is 10.3 Å². The van der Waals surface area contributed by atoms with E-state index in [2.05, 4.69) is 34.7 Å². The van der Waals surface area contributed by atoms with E-state index in [0.717, 1.165) is 17.7 Å². The lowest BCUT2D eigenvalue weighted by Gasteiger charge is -2.10. The van der Waals surface area contributed by atoms with Gasteiger partial charge in [-0.3, -0.25) is 4.79 Å². The van der Waals surface area contributed by atoms with Gasteiger partial charge in [-0.1, -0.05) is 31.2 Å². The molecule has 0 aliphatic rings. The Balaban J connectivity index is 2.04. The molecule has 0 spiro atoms. The van der Waals surface area contributed by atoms with Crippen LogP contribution in [0.5, 0.6) is 0 Å². The summed E-state index contributed by atoms with van der Waals surface area (Å²) in [6, 6.07) is 6.69. The molecule has 0 saturated carbocycles. The van der Waals surface area contributed by atoms with Gasteiger partial charge in [0.15, 0.2) is 5.13 Å². The Morgan fingerprint density at radius 1 is 1.32 bits per heavy atom. The predicted molar refractivity (Wildman–Crippen MR) is 87.7 cm³/mol.